The third-order valence-electron chi connectivity index (χ3n) is 4.45. The second-order valence-electron chi connectivity index (χ2n) is 5.67. The second kappa shape index (κ2) is 5.16. The Morgan fingerprint density at radius 3 is 3.14 bits per heavy atom. The fourth-order valence-electron chi connectivity index (χ4n) is 3.36. The Hall–Kier alpha value is -1.85. The maximum absolute atomic E-state index is 9.69. The molecule has 0 amide bonds. The number of para-hydroxylation sites is 1. The van der Waals surface area contributed by atoms with Crippen molar-refractivity contribution in [2.45, 2.75) is 32.2 Å². The van der Waals surface area contributed by atoms with E-state index < -0.39 is 0 Å². The molecule has 1 atom stereocenters. The molecule has 1 unspecified atom stereocenters. The average Bonchev–Trinajstić information content (AvgIpc) is 3.10. The topological polar surface area (TPSA) is 50.5 Å². The minimum Gasteiger partial charge on any atom is -0.394 e. The molecule has 4 rings (SSSR count). The van der Waals surface area contributed by atoms with Crippen molar-refractivity contribution in [3.8, 4) is 0 Å². The molecule has 1 aromatic heterocycles. The van der Waals surface area contributed by atoms with Crippen LogP contribution in [0.4, 0.5) is 5.69 Å². The van der Waals surface area contributed by atoms with Crippen LogP contribution in [-0.4, -0.2) is 33.9 Å². The molecule has 5 nitrogen and oxygen atoms in total. The highest BCUT2D eigenvalue weighted by Gasteiger charge is 2.29. The number of ether oxygens (including phenoxy) is 1. The van der Waals surface area contributed by atoms with Crippen molar-refractivity contribution in [2.24, 2.45) is 0 Å². The SMILES string of the molecule is OCC1Cc2ccccc2N1Cc1cnc2n1CCOC2. The Balaban J connectivity index is 1.65. The first kappa shape index (κ1) is 12.9. The largest absolute Gasteiger partial charge is 0.394 e. The molecule has 2 aliphatic heterocycles. The van der Waals surface area contributed by atoms with Crippen molar-refractivity contribution in [3.63, 3.8) is 0 Å². The van der Waals surface area contributed by atoms with E-state index in [-0.39, 0.29) is 12.6 Å². The van der Waals surface area contributed by atoms with E-state index in [2.05, 4.69) is 38.7 Å². The van der Waals surface area contributed by atoms with E-state index in [1.165, 1.54) is 16.9 Å². The van der Waals surface area contributed by atoms with Crippen LogP contribution in [0.15, 0.2) is 30.5 Å². The van der Waals surface area contributed by atoms with Crippen LogP contribution >= 0.6 is 0 Å². The quantitative estimate of drug-likeness (QED) is 0.924. The summed E-state index contributed by atoms with van der Waals surface area (Å²) in [4.78, 5) is 6.76. The number of fused-ring (bicyclic) bond motifs is 2. The number of benzene rings is 1. The Kier molecular flexibility index (Phi) is 3.16. The minimum absolute atomic E-state index is 0.161. The van der Waals surface area contributed by atoms with Gasteiger partial charge in [-0.05, 0) is 18.1 Å². The highest BCUT2D eigenvalue weighted by molar-refractivity contribution is 5.59. The lowest BCUT2D eigenvalue weighted by Gasteiger charge is -2.27. The number of hydrogen-bond donors (Lipinski definition) is 1. The first-order chi connectivity index (χ1) is 10.4. The zero-order valence-corrected chi connectivity index (χ0v) is 11.9. The Bertz CT molecular complexity index is 653. The van der Waals surface area contributed by atoms with Crippen LogP contribution in [0.3, 0.4) is 0 Å². The third kappa shape index (κ3) is 2.13. The molecule has 0 fully saturated rings. The summed E-state index contributed by atoms with van der Waals surface area (Å²) in [7, 11) is 0. The van der Waals surface area contributed by atoms with Crippen molar-refractivity contribution >= 4 is 5.69 Å². The fourth-order valence-corrected chi connectivity index (χ4v) is 3.36. The fraction of sp³-hybridized carbons (Fsp3) is 0.438. The molecule has 2 aromatic rings. The Morgan fingerprint density at radius 1 is 1.33 bits per heavy atom. The molecule has 0 spiro atoms. The van der Waals surface area contributed by atoms with Crippen LogP contribution in [0.2, 0.25) is 0 Å². The van der Waals surface area contributed by atoms with Crippen molar-refractivity contribution in [2.75, 3.05) is 18.1 Å². The third-order valence-corrected chi connectivity index (χ3v) is 4.45. The number of aliphatic hydroxyl groups is 1. The van der Waals surface area contributed by atoms with Gasteiger partial charge in [-0.1, -0.05) is 18.2 Å². The molecule has 0 saturated carbocycles. The van der Waals surface area contributed by atoms with Crippen molar-refractivity contribution in [1.29, 1.82) is 0 Å². The molecular formula is C16H19N3O2. The number of hydrogen-bond acceptors (Lipinski definition) is 4. The van der Waals surface area contributed by atoms with Crippen LogP contribution in [0, 0.1) is 0 Å². The zero-order valence-electron chi connectivity index (χ0n) is 11.9. The lowest BCUT2D eigenvalue weighted by molar-refractivity contribution is 0.0806. The zero-order chi connectivity index (χ0) is 14.2. The predicted molar refractivity (Wildman–Crippen MR) is 79.1 cm³/mol. The van der Waals surface area contributed by atoms with Gasteiger partial charge in [0.25, 0.3) is 0 Å². The summed E-state index contributed by atoms with van der Waals surface area (Å²) >= 11 is 0. The molecule has 21 heavy (non-hydrogen) atoms. The van der Waals surface area contributed by atoms with Gasteiger partial charge < -0.3 is 19.3 Å². The van der Waals surface area contributed by atoms with Crippen LogP contribution in [0.25, 0.3) is 0 Å². The number of rotatable bonds is 3. The van der Waals surface area contributed by atoms with Gasteiger partial charge in [0.05, 0.1) is 37.7 Å². The number of imidazole rings is 1. The van der Waals surface area contributed by atoms with Gasteiger partial charge in [0.2, 0.25) is 0 Å². The number of aromatic nitrogens is 2. The molecule has 2 aliphatic rings. The van der Waals surface area contributed by atoms with Crippen LogP contribution in [0.5, 0.6) is 0 Å². The van der Waals surface area contributed by atoms with Crippen molar-refractivity contribution < 1.29 is 9.84 Å². The predicted octanol–water partition coefficient (Wildman–Crippen LogP) is 1.34. The summed E-state index contributed by atoms with van der Waals surface area (Å²) in [5, 5.41) is 9.69. The van der Waals surface area contributed by atoms with Gasteiger partial charge in [0.1, 0.15) is 12.4 Å². The maximum Gasteiger partial charge on any atom is 0.135 e. The van der Waals surface area contributed by atoms with Crippen LogP contribution in [-0.2, 0) is 30.9 Å². The standard InChI is InChI=1S/C16H19N3O2/c20-10-13-7-12-3-1-2-4-15(12)19(13)9-14-8-17-16-11-21-6-5-18(14)16/h1-4,8,13,20H,5-7,9-11H2. The molecule has 1 aromatic carbocycles. The molecule has 110 valence electrons. The first-order valence-corrected chi connectivity index (χ1v) is 7.43. The molecule has 0 aliphatic carbocycles. The average molecular weight is 285 g/mol. The van der Waals surface area contributed by atoms with Gasteiger partial charge in [0, 0.05) is 12.2 Å². The number of aliphatic hydroxyl groups excluding tert-OH is 1. The molecule has 3 heterocycles. The maximum atomic E-state index is 9.69. The van der Waals surface area contributed by atoms with E-state index in [0.29, 0.717) is 6.61 Å². The molecule has 0 bridgehead atoms. The normalized spacial score (nSPS) is 20.4. The van der Waals surface area contributed by atoms with Crippen LogP contribution in [0.1, 0.15) is 17.1 Å². The van der Waals surface area contributed by atoms with E-state index in [1.807, 2.05) is 6.20 Å². The van der Waals surface area contributed by atoms with Gasteiger partial charge in [-0.25, -0.2) is 4.98 Å². The lowest BCUT2D eigenvalue weighted by Crippen LogP contribution is -2.35. The monoisotopic (exact) mass is 285 g/mol. The van der Waals surface area contributed by atoms with Gasteiger partial charge in [-0.2, -0.15) is 0 Å². The van der Waals surface area contributed by atoms with Gasteiger partial charge >= 0.3 is 0 Å². The van der Waals surface area contributed by atoms with Crippen molar-refractivity contribution in [3.05, 3.63) is 47.5 Å². The highest BCUT2D eigenvalue weighted by atomic mass is 16.5. The van der Waals surface area contributed by atoms with Gasteiger partial charge in [0.15, 0.2) is 0 Å². The van der Waals surface area contributed by atoms with E-state index in [0.717, 1.165) is 31.9 Å². The van der Waals surface area contributed by atoms with Crippen molar-refractivity contribution in [1.82, 2.24) is 9.55 Å². The van der Waals surface area contributed by atoms with Gasteiger partial charge in [-0.3, -0.25) is 0 Å². The Morgan fingerprint density at radius 2 is 2.24 bits per heavy atom. The summed E-state index contributed by atoms with van der Waals surface area (Å²) < 4.78 is 7.69. The highest BCUT2D eigenvalue weighted by Crippen LogP contribution is 2.33. The number of anilines is 1. The molecule has 0 radical (unpaired) electrons. The van der Waals surface area contributed by atoms with Gasteiger partial charge in [-0.15, -0.1) is 0 Å². The van der Waals surface area contributed by atoms with E-state index in [1.54, 1.807) is 0 Å². The van der Waals surface area contributed by atoms with E-state index in [9.17, 15) is 5.11 Å². The molecule has 5 heteroatoms. The second-order valence-corrected chi connectivity index (χ2v) is 5.67. The summed E-state index contributed by atoms with van der Waals surface area (Å²) in [6, 6.07) is 8.58. The lowest BCUT2D eigenvalue weighted by atomic mass is 10.1. The van der Waals surface area contributed by atoms with E-state index >= 15 is 0 Å². The molecular weight excluding hydrogens is 266 g/mol. The first-order valence-electron chi connectivity index (χ1n) is 7.43. The number of nitrogens with zero attached hydrogens (tertiary/aromatic N) is 3. The minimum atomic E-state index is 0.161. The van der Waals surface area contributed by atoms with Crippen LogP contribution < -0.4 is 4.90 Å². The molecule has 0 saturated heterocycles. The summed E-state index contributed by atoms with van der Waals surface area (Å²) in [5.41, 5.74) is 3.75. The van der Waals surface area contributed by atoms with E-state index in [4.69, 9.17) is 4.74 Å². The summed E-state index contributed by atoms with van der Waals surface area (Å²) in [5.74, 6) is 1.00. The summed E-state index contributed by atoms with van der Waals surface area (Å²) in [6.07, 6.45) is 2.86. The summed E-state index contributed by atoms with van der Waals surface area (Å²) in [6.45, 7) is 3.17. The molecule has 1 N–H and O–H groups in total. The smallest absolute Gasteiger partial charge is 0.135 e. The Labute approximate surface area is 123 Å².